The highest BCUT2D eigenvalue weighted by Gasteiger charge is 2.33. The fourth-order valence-electron chi connectivity index (χ4n) is 2.64. The molecule has 2 aromatic carbocycles. The molecule has 0 radical (unpaired) electrons. The van der Waals surface area contributed by atoms with Crippen molar-refractivity contribution in [1.29, 1.82) is 0 Å². The first kappa shape index (κ1) is 23.1. The van der Waals surface area contributed by atoms with Crippen molar-refractivity contribution in [3.05, 3.63) is 60.2 Å². The summed E-state index contributed by atoms with van der Waals surface area (Å²) in [6.45, 7) is 1.61. The number of anilines is 1. The van der Waals surface area contributed by atoms with Crippen molar-refractivity contribution in [2.45, 2.75) is 24.0 Å². The van der Waals surface area contributed by atoms with E-state index in [2.05, 4.69) is 5.32 Å². The largest absolute Gasteiger partial charge is 0.416 e. The van der Waals surface area contributed by atoms with E-state index in [1.54, 1.807) is 0 Å². The molecule has 0 saturated heterocycles. The Hall–Kier alpha value is -2.20. The number of hydrogen-bond acceptors (Lipinski definition) is 4. The van der Waals surface area contributed by atoms with Crippen molar-refractivity contribution in [3.8, 4) is 0 Å². The van der Waals surface area contributed by atoms with Gasteiger partial charge < -0.3 is 5.32 Å². The van der Waals surface area contributed by atoms with E-state index in [1.807, 2.05) is 30.3 Å². The Labute approximate surface area is 172 Å². The van der Waals surface area contributed by atoms with Crippen LogP contribution < -0.4 is 9.62 Å². The number of nitrogens with one attached hydrogen (secondary N) is 1. The number of alkyl halides is 3. The molecule has 29 heavy (non-hydrogen) atoms. The Morgan fingerprint density at radius 1 is 1.14 bits per heavy atom. The molecule has 1 amide bonds. The van der Waals surface area contributed by atoms with Gasteiger partial charge >= 0.3 is 6.18 Å². The number of rotatable bonds is 8. The molecular formula is C19H21F3N2O3S2. The predicted molar refractivity (Wildman–Crippen MR) is 108 cm³/mol. The van der Waals surface area contributed by atoms with Crippen molar-refractivity contribution < 1.29 is 26.4 Å². The van der Waals surface area contributed by atoms with Crippen LogP contribution in [0.25, 0.3) is 0 Å². The van der Waals surface area contributed by atoms with E-state index in [0.29, 0.717) is 10.1 Å². The van der Waals surface area contributed by atoms with Crippen molar-refractivity contribution in [2.24, 2.45) is 0 Å². The van der Waals surface area contributed by atoms with Crippen LogP contribution in [-0.2, 0) is 21.0 Å². The van der Waals surface area contributed by atoms with Gasteiger partial charge in [0.25, 0.3) is 0 Å². The lowest BCUT2D eigenvalue weighted by atomic mass is 10.2. The minimum absolute atomic E-state index is 0.219. The lowest BCUT2D eigenvalue weighted by Gasteiger charge is -2.28. The first-order valence-corrected chi connectivity index (χ1v) is 11.5. The molecule has 0 aliphatic heterocycles. The molecule has 0 heterocycles. The maximum absolute atomic E-state index is 13.0. The van der Waals surface area contributed by atoms with Gasteiger partial charge in [-0.15, -0.1) is 11.8 Å². The second kappa shape index (κ2) is 9.53. The van der Waals surface area contributed by atoms with Crippen molar-refractivity contribution in [2.75, 3.05) is 22.9 Å². The summed E-state index contributed by atoms with van der Waals surface area (Å²) in [4.78, 5) is 13.5. The fraction of sp³-hybridized carbons (Fsp3) is 0.316. The normalized spacial score (nSPS) is 13.0. The summed E-state index contributed by atoms with van der Waals surface area (Å²) in [5.74, 6) is -0.0354. The summed E-state index contributed by atoms with van der Waals surface area (Å²) in [6.07, 6.45) is -3.78. The molecule has 5 nitrogen and oxygen atoms in total. The summed E-state index contributed by atoms with van der Waals surface area (Å²) in [6, 6.07) is 12.2. The van der Waals surface area contributed by atoms with E-state index >= 15 is 0 Å². The van der Waals surface area contributed by atoms with Crippen molar-refractivity contribution in [1.82, 2.24) is 5.32 Å². The second-order valence-electron chi connectivity index (χ2n) is 6.24. The van der Waals surface area contributed by atoms with Gasteiger partial charge in [0.1, 0.15) is 6.04 Å². The number of halogens is 3. The highest BCUT2D eigenvalue weighted by Crippen LogP contribution is 2.32. The topological polar surface area (TPSA) is 66.5 Å². The van der Waals surface area contributed by atoms with Gasteiger partial charge in [0.15, 0.2) is 0 Å². The second-order valence-corrected chi connectivity index (χ2v) is 9.26. The fourth-order valence-corrected chi connectivity index (χ4v) is 4.59. The number of carbonyl (C=O) groups excluding carboxylic acids is 1. The standard InChI is InChI=1S/C19H21F3N2O3S2/c1-14(18(25)23-11-12-28-17-9-4-3-5-10-17)24(29(2,26)27)16-8-6-7-15(13-16)19(20,21)22/h3-10,13-14H,11-12H2,1-2H3,(H,23,25)/t14-/m1/s1. The summed E-state index contributed by atoms with van der Waals surface area (Å²) < 4.78 is 64.1. The summed E-state index contributed by atoms with van der Waals surface area (Å²) in [7, 11) is -4.00. The third kappa shape index (κ3) is 6.67. The lowest BCUT2D eigenvalue weighted by Crippen LogP contribution is -2.48. The molecule has 2 aromatic rings. The van der Waals surface area contributed by atoms with E-state index in [1.165, 1.54) is 24.8 Å². The van der Waals surface area contributed by atoms with E-state index < -0.39 is 33.7 Å². The molecule has 2 rings (SSSR count). The Kier molecular flexibility index (Phi) is 7.59. The highest BCUT2D eigenvalue weighted by molar-refractivity contribution is 7.99. The first-order valence-electron chi connectivity index (χ1n) is 8.62. The van der Waals surface area contributed by atoms with Gasteiger partial charge in [0, 0.05) is 17.2 Å². The molecule has 0 unspecified atom stereocenters. The number of sulfonamides is 1. The zero-order valence-corrected chi connectivity index (χ0v) is 17.4. The van der Waals surface area contributed by atoms with Crippen LogP contribution in [0.2, 0.25) is 0 Å². The first-order chi connectivity index (χ1) is 13.5. The molecule has 0 aliphatic carbocycles. The Morgan fingerprint density at radius 3 is 2.38 bits per heavy atom. The van der Waals surface area contributed by atoms with Crippen LogP contribution >= 0.6 is 11.8 Å². The van der Waals surface area contributed by atoms with Crippen LogP contribution in [0.1, 0.15) is 12.5 Å². The predicted octanol–water partition coefficient (Wildman–Crippen LogP) is 3.77. The van der Waals surface area contributed by atoms with Crippen molar-refractivity contribution >= 4 is 33.4 Å². The minimum atomic E-state index is -4.63. The zero-order chi connectivity index (χ0) is 21.7. The SMILES string of the molecule is C[C@H](C(=O)NCCSc1ccccc1)N(c1cccc(C(F)(F)F)c1)S(C)(=O)=O. The van der Waals surface area contributed by atoms with Crippen molar-refractivity contribution in [3.63, 3.8) is 0 Å². The molecule has 1 N–H and O–H groups in total. The maximum atomic E-state index is 13.0. The van der Waals surface area contributed by atoms with Crippen LogP contribution in [0.3, 0.4) is 0 Å². The molecule has 0 aromatic heterocycles. The average Bonchev–Trinajstić information content (AvgIpc) is 2.64. The van der Waals surface area contributed by atoms with Gasteiger partial charge in [-0.25, -0.2) is 8.42 Å². The number of hydrogen-bond donors (Lipinski definition) is 1. The summed E-state index contributed by atoms with van der Waals surface area (Å²) in [5, 5.41) is 2.63. The number of carbonyl (C=O) groups is 1. The summed E-state index contributed by atoms with van der Waals surface area (Å²) >= 11 is 1.52. The Morgan fingerprint density at radius 2 is 1.79 bits per heavy atom. The van der Waals surface area contributed by atoms with E-state index in [-0.39, 0.29) is 12.2 Å². The number of nitrogens with zero attached hydrogens (tertiary/aromatic N) is 1. The molecular weight excluding hydrogens is 425 g/mol. The van der Waals surface area contributed by atoms with Crippen LogP contribution in [-0.4, -0.2) is 38.9 Å². The quantitative estimate of drug-likeness (QED) is 0.495. The highest BCUT2D eigenvalue weighted by atomic mass is 32.2. The molecule has 10 heteroatoms. The molecule has 158 valence electrons. The van der Waals surface area contributed by atoms with Crippen LogP contribution in [0.5, 0.6) is 0 Å². The summed E-state index contributed by atoms with van der Waals surface area (Å²) in [5.41, 5.74) is -1.21. The number of amides is 1. The van der Waals surface area contributed by atoms with Gasteiger partial charge in [-0.05, 0) is 37.3 Å². The number of thioether (sulfide) groups is 1. The van der Waals surface area contributed by atoms with Gasteiger partial charge in [-0.1, -0.05) is 24.3 Å². The molecule has 0 fully saturated rings. The third-order valence-electron chi connectivity index (χ3n) is 3.93. The Balaban J connectivity index is 2.09. The van der Waals surface area contributed by atoms with Gasteiger partial charge in [0.05, 0.1) is 17.5 Å². The zero-order valence-electron chi connectivity index (χ0n) is 15.8. The molecule has 0 spiro atoms. The van der Waals surface area contributed by atoms with E-state index in [4.69, 9.17) is 0 Å². The van der Waals surface area contributed by atoms with E-state index in [0.717, 1.165) is 29.4 Å². The van der Waals surface area contributed by atoms with Gasteiger partial charge in [-0.3, -0.25) is 9.10 Å². The van der Waals surface area contributed by atoms with E-state index in [9.17, 15) is 26.4 Å². The molecule has 0 bridgehead atoms. The Bertz CT molecular complexity index is 935. The molecule has 0 aliphatic rings. The van der Waals surface area contributed by atoms with Gasteiger partial charge in [-0.2, -0.15) is 13.2 Å². The average molecular weight is 447 g/mol. The molecule has 0 saturated carbocycles. The monoisotopic (exact) mass is 446 g/mol. The molecule has 1 atom stereocenters. The van der Waals surface area contributed by atoms with Crippen LogP contribution in [0, 0.1) is 0 Å². The minimum Gasteiger partial charge on any atom is -0.353 e. The van der Waals surface area contributed by atoms with Crippen LogP contribution in [0.15, 0.2) is 59.5 Å². The lowest BCUT2D eigenvalue weighted by molar-refractivity contribution is -0.137. The number of benzene rings is 2. The van der Waals surface area contributed by atoms with Crippen LogP contribution in [0.4, 0.5) is 18.9 Å². The smallest absolute Gasteiger partial charge is 0.353 e. The maximum Gasteiger partial charge on any atom is 0.416 e. The third-order valence-corrected chi connectivity index (χ3v) is 6.19. The van der Waals surface area contributed by atoms with Gasteiger partial charge in [0.2, 0.25) is 15.9 Å².